The number of nitrogens with zero attached hydrogens (tertiary/aromatic N) is 5. The van der Waals surface area contributed by atoms with Crippen molar-refractivity contribution in [2.24, 2.45) is 0 Å². The number of nitrogens with one attached hydrogen (secondary N) is 1. The molecule has 0 radical (unpaired) electrons. The maximum absolute atomic E-state index is 13.8. The maximum Gasteiger partial charge on any atom is 0.253 e. The quantitative estimate of drug-likeness (QED) is 0.192. The fraction of sp³-hybridized carbons (Fsp3) is 0.212. The van der Waals surface area contributed by atoms with E-state index in [1.807, 2.05) is 72.8 Å². The Morgan fingerprint density at radius 3 is 2.57 bits per heavy atom. The number of rotatable bonds is 11. The molecular weight excluding hydrogens is 548 g/mol. The van der Waals surface area contributed by atoms with E-state index < -0.39 is 6.04 Å². The topological polar surface area (TPSA) is 92.8 Å². The van der Waals surface area contributed by atoms with E-state index in [2.05, 4.69) is 50.5 Å². The van der Waals surface area contributed by atoms with Gasteiger partial charge in [0.15, 0.2) is 5.82 Å². The summed E-state index contributed by atoms with van der Waals surface area (Å²) < 4.78 is 7.58. The molecule has 0 saturated heterocycles. The lowest BCUT2D eigenvalue weighted by Gasteiger charge is -2.30. The molecule has 0 aliphatic carbocycles. The van der Waals surface area contributed by atoms with Gasteiger partial charge in [0, 0.05) is 29.2 Å². The molecule has 3 aromatic heterocycles. The van der Waals surface area contributed by atoms with Crippen LogP contribution in [0.2, 0.25) is 5.02 Å². The second kappa shape index (κ2) is 12.5. The first-order valence-corrected chi connectivity index (χ1v) is 14.4. The smallest absolute Gasteiger partial charge is 0.253 e. The molecule has 0 bridgehead atoms. The number of furan rings is 1. The van der Waals surface area contributed by atoms with Gasteiger partial charge in [0.1, 0.15) is 11.8 Å². The Hall–Kier alpha value is -4.53. The van der Waals surface area contributed by atoms with Crippen molar-refractivity contribution < 1.29 is 4.42 Å². The van der Waals surface area contributed by atoms with E-state index in [-0.39, 0.29) is 5.56 Å². The number of benzene rings is 3. The Morgan fingerprint density at radius 2 is 1.79 bits per heavy atom. The number of pyridine rings is 1. The van der Waals surface area contributed by atoms with E-state index >= 15 is 0 Å². The number of aryl methyl sites for hydroxylation is 3. The van der Waals surface area contributed by atoms with Crippen LogP contribution in [0, 0.1) is 0 Å². The van der Waals surface area contributed by atoms with Crippen molar-refractivity contribution in [3.05, 3.63) is 146 Å². The summed E-state index contributed by atoms with van der Waals surface area (Å²) in [6, 6.07) is 29.2. The van der Waals surface area contributed by atoms with E-state index in [1.165, 1.54) is 11.1 Å². The summed E-state index contributed by atoms with van der Waals surface area (Å²) in [6.45, 7) is 3.51. The summed E-state index contributed by atoms with van der Waals surface area (Å²) >= 11 is 6.65. The first-order valence-electron chi connectivity index (χ1n) is 14.0. The van der Waals surface area contributed by atoms with Crippen LogP contribution in [0.1, 0.15) is 46.8 Å². The minimum atomic E-state index is -0.601. The van der Waals surface area contributed by atoms with Crippen LogP contribution in [0.4, 0.5) is 0 Å². The Labute approximate surface area is 248 Å². The van der Waals surface area contributed by atoms with E-state index in [4.69, 9.17) is 16.0 Å². The summed E-state index contributed by atoms with van der Waals surface area (Å²) in [5, 5.41) is 14.6. The van der Waals surface area contributed by atoms with Crippen LogP contribution >= 0.6 is 11.6 Å². The Kier molecular flexibility index (Phi) is 8.26. The molecule has 6 aromatic rings. The molecule has 0 aliphatic heterocycles. The number of H-pyrrole nitrogens is 1. The molecule has 0 spiro atoms. The summed E-state index contributed by atoms with van der Waals surface area (Å²) in [5.74, 6) is 1.32. The zero-order valence-corrected chi connectivity index (χ0v) is 24.0. The zero-order chi connectivity index (χ0) is 28.9. The van der Waals surface area contributed by atoms with Crippen LogP contribution in [-0.4, -0.2) is 30.1 Å². The highest BCUT2D eigenvalue weighted by molar-refractivity contribution is 6.31. The van der Waals surface area contributed by atoms with E-state index in [1.54, 1.807) is 10.9 Å². The van der Waals surface area contributed by atoms with Crippen LogP contribution < -0.4 is 5.56 Å². The molecule has 0 amide bonds. The van der Waals surface area contributed by atoms with Gasteiger partial charge in [0.25, 0.3) is 5.56 Å². The number of hydrogen-bond acceptors (Lipinski definition) is 6. The SMILES string of the molecule is CCc1ccc2[nH]c(=O)c(C(c3nnnn3CCc3ccccc3)N(Cc3ccco3)Cc3ccccc3Cl)cc2c1. The van der Waals surface area contributed by atoms with Gasteiger partial charge in [-0.05, 0) is 81.7 Å². The normalized spacial score (nSPS) is 12.3. The fourth-order valence-corrected chi connectivity index (χ4v) is 5.52. The molecule has 212 valence electrons. The van der Waals surface area contributed by atoms with Crippen molar-refractivity contribution in [1.29, 1.82) is 0 Å². The number of aromatic nitrogens is 5. The number of aromatic amines is 1. The van der Waals surface area contributed by atoms with Crippen LogP contribution in [0.5, 0.6) is 0 Å². The summed E-state index contributed by atoms with van der Waals surface area (Å²) in [5.41, 5.74) is 4.42. The van der Waals surface area contributed by atoms with Crippen molar-refractivity contribution in [3.63, 3.8) is 0 Å². The first kappa shape index (κ1) is 27.6. The third-order valence-corrected chi connectivity index (χ3v) is 7.90. The molecule has 1 N–H and O–H groups in total. The lowest BCUT2D eigenvalue weighted by Crippen LogP contribution is -2.35. The number of tetrazole rings is 1. The van der Waals surface area contributed by atoms with E-state index in [9.17, 15) is 4.79 Å². The van der Waals surface area contributed by atoms with Gasteiger partial charge in [-0.25, -0.2) is 4.68 Å². The number of halogens is 1. The molecule has 1 atom stereocenters. The zero-order valence-electron chi connectivity index (χ0n) is 23.3. The van der Waals surface area contributed by atoms with Crippen molar-refractivity contribution in [3.8, 4) is 0 Å². The average Bonchev–Trinajstić information content (AvgIpc) is 3.70. The highest BCUT2D eigenvalue weighted by Gasteiger charge is 2.31. The van der Waals surface area contributed by atoms with E-state index in [0.717, 1.165) is 35.1 Å². The van der Waals surface area contributed by atoms with Crippen molar-refractivity contribution in [2.75, 3.05) is 0 Å². The highest BCUT2D eigenvalue weighted by Crippen LogP contribution is 2.32. The van der Waals surface area contributed by atoms with Crippen LogP contribution in [0.25, 0.3) is 10.9 Å². The van der Waals surface area contributed by atoms with Crippen molar-refractivity contribution in [1.82, 2.24) is 30.1 Å². The second-order valence-electron chi connectivity index (χ2n) is 10.3. The average molecular weight is 579 g/mol. The molecule has 6 rings (SSSR count). The predicted molar refractivity (Wildman–Crippen MR) is 163 cm³/mol. The van der Waals surface area contributed by atoms with Crippen LogP contribution in [-0.2, 0) is 32.5 Å². The maximum atomic E-state index is 13.8. The standard InChI is InChI=1S/C33H31ClN6O2/c1-2-23-14-15-30-26(19-23)20-28(33(41)35-30)31(32-36-37-38-40(32)17-16-24-9-4-3-5-10-24)39(22-27-12-8-18-42-27)21-25-11-6-7-13-29(25)34/h3-15,18-20,31H,2,16-17,21-22H2,1H3,(H,35,41). The Balaban J connectivity index is 1.50. The minimum absolute atomic E-state index is 0.196. The molecule has 3 aromatic carbocycles. The van der Waals surface area contributed by atoms with Gasteiger partial charge in [-0.2, -0.15) is 0 Å². The third-order valence-electron chi connectivity index (χ3n) is 7.53. The highest BCUT2D eigenvalue weighted by atomic mass is 35.5. The Bertz CT molecular complexity index is 1830. The molecule has 1 unspecified atom stereocenters. The molecule has 0 fully saturated rings. The summed E-state index contributed by atoms with van der Waals surface area (Å²) in [6.07, 6.45) is 3.28. The predicted octanol–water partition coefficient (Wildman–Crippen LogP) is 6.36. The summed E-state index contributed by atoms with van der Waals surface area (Å²) in [7, 11) is 0. The van der Waals surface area contributed by atoms with Crippen LogP contribution in [0.15, 0.2) is 106 Å². The van der Waals surface area contributed by atoms with Crippen molar-refractivity contribution in [2.45, 2.75) is 45.4 Å². The van der Waals surface area contributed by atoms with Gasteiger partial charge in [0.05, 0.1) is 12.8 Å². The van der Waals surface area contributed by atoms with Crippen molar-refractivity contribution >= 4 is 22.5 Å². The minimum Gasteiger partial charge on any atom is -0.468 e. The van der Waals surface area contributed by atoms with Gasteiger partial charge >= 0.3 is 0 Å². The fourth-order valence-electron chi connectivity index (χ4n) is 5.33. The van der Waals surface area contributed by atoms with E-state index in [0.29, 0.717) is 36.0 Å². The molecule has 42 heavy (non-hydrogen) atoms. The molecular formula is C33H31ClN6O2. The van der Waals surface area contributed by atoms with Crippen LogP contribution in [0.3, 0.4) is 0 Å². The lowest BCUT2D eigenvalue weighted by molar-refractivity contribution is 0.179. The number of fused-ring (bicyclic) bond motifs is 1. The summed E-state index contributed by atoms with van der Waals surface area (Å²) in [4.78, 5) is 19.1. The first-order chi connectivity index (χ1) is 20.6. The van der Waals surface area contributed by atoms with Gasteiger partial charge in [-0.15, -0.1) is 5.10 Å². The monoisotopic (exact) mass is 578 g/mol. The molecule has 3 heterocycles. The second-order valence-corrected chi connectivity index (χ2v) is 10.7. The third kappa shape index (κ3) is 6.05. The molecule has 9 heteroatoms. The lowest BCUT2D eigenvalue weighted by atomic mass is 10.0. The molecule has 8 nitrogen and oxygen atoms in total. The Morgan fingerprint density at radius 1 is 0.952 bits per heavy atom. The molecule has 0 saturated carbocycles. The van der Waals surface area contributed by atoms with Gasteiger partial charge in [-0.3, -0.25) is 9.69 Å². The molecule has 0 aliphatic rings. The largest absolute Gasteiger partial charge is 0.468 e. The van der Waals surface area contributed by atoms with Gasteiger partial charge in [-0.1, -0.05) is 73.1 Å². The van der Waals surface area contributed by atoms with Gasteiger partial charge < -0.3 is 9.40 Å². The number of hydrogen-bond donors (Lipinski definition) is 1. The van der Waals surface area contributed by atoms with Gasteiger partial charge in [0.2, 0.25) is 0 Å².